The fraction of sp³-hybridized carbons (Fsp3) is 0.583. The molecule has 4 rings (SSSR count). The normalized spacial score (nSPS) is 22.8. The van der Waals surface area contributed by atoms with Crippen molar-refractivity contribution >= 4 is 17.2 Å². The van der Waals surface area contributed by atoms with Crippen LogP contribution in [-0.2, 0) is 10.2 Å². The molecular weight excluding hydrogens is 362 g/mol. The molecule has 0 spiro atoms. The summed E-state index contributed by atoms with van der Waals surface area (Å²) < 4.78 is 5.45. The molecule has 1 aromatic rings. The summed E-state index contributed by atoms with van der Waals surface area (Å²) in [5, 5.41) is 9.79. The molecule has 2 aliphatic carbocycles. The monoisotopic (exact) mass is 395 g/mol. The number of aliphatic hydroxyl groups is 1. The zero-order valence-electron chi connectivity index (χ0n) is 17.8. The van der Waals surface area contributed by atoms with Gasteiger partial charge >= 0.3 is 0 Å². The second-order valence-electron chi connectivity index (χ2n) is 8.57. The second-order valence-corrected chi connectivity index (χ2v) is 8.57. The number of hydrogen-bond donors (Lipinski definition) is 1. The summed E-state index contributed by atoms with van der Waals surface area (Å²) in [6.07, 6.45) is 6.61. The van der Waals surface area contributed by atoms with Gasteiger partial charge in [0.1, 0.15) is 5.84 Å². The van der Waals surface area contributed by atoms with E-state index in [1.54, 1.807) is 0 Å². The maximum atomic E-state index is 9.79. The summed E-state index contributed by atoms with van der Waals surface area (Å²) in [5.74, 6) is 1.09. The third kappa shape index (κ3) is 4.31. The Morgan fingerprint density at radius 1 is 1.03 bits per heavy atom. The Morgan fingerprint density at radius 3 is 2.38 bits per heavy atom. The number of ether oxygens (including phenoxy) is 1. The largest absolute Gasteiger partial charge is 0.395 e. The van der Waals surface area contributed by atoms with Gasteiger partial charge < -0.3 is 14.7 Å². The van der Waals surface area contributed by atoms with Gasteiger partial charge in [-0.3, -0.25) is 4.99 Å². The predicted molar refractivity (Wildman–Crippen MR) is 118 cm³/mol. The van der Waals surface area contributed by atoms with Crippen molar-refractivity contribution in [3.63, 3.8) is 0 Å². The molecule has 1 aliphatic heterocycles. The van der Waals surface area contributed by atoms with Gasteiger partial charge in [-0.05, 0) is 69.2 Å². The molecule has 5 nitrogen and oxygen atoms in total. The van der Waals surface area contributed by atoms with Crippen LogP contribution in [0.1, 0.15) is 57.9 Å². The summed E-state index contributed by atoms with van der Waals surface area (Å²) >= 11 is 0. The minimum absolute atomic E-state index is 0.00975. The molecule has 29 heavy (non-hydrogen) atoms. The predicted octanol–water partition coefficient (Wildman–Crippen LogP) is 4.38. The lowest BCUT2D eigenvalue weighted by Gasteiger charge is -2.40. The van der Waals surface area contributed by atoms with Gasteiger partial charge in [-0.15, -0.1) is 0 Å². The first-order valence-electron chi connectivity index (χ1n) is 11.0. The van der Waals surface area contributed by atoms with E-state index in [0.717, 1.165) is 75.6 Å². The lowest BCUT2D eigenvalue weighted by atomic mass is 9.65. The van der Waals surface area contributed by atoms with Crippen molar-refractivity contribution in [1.29, 1.82) is 0 Å². The number of aliphatic imine (C=N–C) groups is 2. The van der Waals surface area contributed by atoms with E-state index in [0.29, 0.717) is 0 Å². The summed E-state index contributed by atoms with van der Waals surface area (Å²) in [6.45, 7) is 7.87. The Morgan fingerprint density at radius 2 is 1.76 bits per heavy atom. The van der Waals surface area contributed by atoms with Crippen LogP contribution in [0.15, 0.2) is 45.5 Å². The van der Waals surface area contributed by atoms with E-state index in [4.69, 9.17) is 14.7 Å². The highest BCUT2D eigenvalue weighted by atomic mass is 16.5. The van der Waals surface area contributed by atoms with Crippen LogP contribution >= 0.6 is 0 Å². The molecule has 0 bridgehead atoms. The molecule has 0 aromatic heterocycles. The maximum absolute atomic E-state index is 9.79. The van der Waals surface area contributed by atoms with Crippen LogP contribution in [0.3, 0.4) is 0 Å². The van der Waals surface area contributed by atoms with Crippen LogP contribution < -0.4 is 0 Å². The van der Waals surface area contributed by atoms with Gasteiger partial charge in [0.05, 0.1) is 25.5 Å². The van der Waals surface area contributed by atoms with Crippen LogP contribution in [0, 0.1) is 0 Å². The third-order valence-corrected chi connectivity index (χ3v) is 6.78. The molecule has 0 unspecified atom stereocenters. The molecule has 1 saturated carbocycles. The number of benzene rings is 1. The Kier molecular flexibility index (Phi) is 6.16. The van der Waals surface area contributed by atoms with Crippen molar-refractivity contribution < 1.29 is 9.84 Å². The van der Waals surface area contributed by atoms with Gasteiger partial charge in [0, 0.05) is 29.9 Å². The fourth-order valence-electron chi connectivity index (χ4n) is 4.69. The topological polar surface area (TPSA) is 57.4 Å². The van der Waals surface area contributed by atoms with E-state index >= 15 is 0 Å². The van der Waals surface area contributed by atoms with Crippen molar-refractivity contribution in [2.75, 3.05) is 32.9 Å². The van der Waals surface area contributed by atoms with E-state index in [1.807, 2.05) is 0 Å². The van der Waals surface area contributed by atoms with Crippen LogP contribution in [0.25, 0.3) is 0 Å². The fourth-order valence-corrected chi connectivity index (χ4v) is 4.69. The van der Waals surface area contributed by atoms with Gasteiger partial charge in [0.25, 0.3) is 0 Å². The average molecular weight is 396 g/mol. The smallest absolute Gasteiger partial charge is 0.101 e. The number of rotatable bonds is 5. The van der Waals surface area contributed by atoms with Crippen LogP contribution in [-0.4, -0.2) is 54.5 Å². The summed E-state index contributed by atoms with van der Waals surface area (Å²) in [6, 6.07) is 8.47. The van der Waals surface area contributed by atoms with E-state index < -0.39 is 0 Å². The molecule has 156 valence electrons. The molecule has 3 aliphatic rings. The van der Waals surface area contributed by atoms with Crippen molar-refractivity contribution in [3.05, 3.63) is 41.1 Å². The molecule has 0 radical (unpaired) electrons. The van der Waals surface area contributed by atoms with Gasteiger partial charge in [-0.2, -0.15) is 0 Å². The Labute approximate surface area is 174 Å². The maximum Gasteiger partial charge on any atom is 0.101 e. The summed E-state index contributed by atoms with van der Waals surface area (Å²) in [4.78, 5) is 12.2. The molecule has 1 aromatic carbocycles. The van der Waals surface area contributed by atoms with Crippen molar-refractivity contribution in [3.8, 4) is 0 Å². The van der Waals surface area contributed by atoms with Crippen LogP contribution in [0.4, 0.5) is 5.69 Å². The lowest BCUT2D eigenvalue weighted by Crippen LogP contribution is -2.39. The zero-order valence-corrected chi connectivity index (χ0v) is 17.8. The Balaban J connectivity index is 1.51. The molecule has 1 saturated heterocycles. The molecule has 5 heteroatoms. The highest BCUT2D eigenvalue weighted by Gasteiger charge is 2.37. The summed E-state index contributed by atoms with van der Waals surface area (Å²) in [5.41, 5.74) is 5.78. The number of amidine groups is 1. The van der Waals surface area contributed by atoms with E-state index in [-0.39, 0.29) is 12.0 Å². The zero-order chi connectivity index (χ0) is 20.3. The SMILES string of the molecule is CC(=Nc1ccc(C2(CO)CCC2)cc1)C1=C(N=C(C)N2CCOCC2)CCC1. The van der Waals surface area contributed by atoms with Gasteiger partial charge in [-0.25, -0.2) is 4.99 Å². The first-order chi connectivity index (χ1) is 14.1. The third-order valence-electron chi connectivity index (χ3n) is 6.78. The Bertz CT molecular complexity index is 808. The van der Waals surface area contributed by atoms with Gasteiger partial charge in [0.15, 0.2) is 0 Å². The molecule has 1 heterocycles. The average Bonchev–Trinajstić information content (AvgIpc) is 3.18. The van der Waals surface area contributed by atoms with E-state index in [9.17, 15) is 5.11 Å². The standard InChI is InChI=1S/C24H33N3O2/c1-18(25-21-9-7-20(8-10-21)24(17-28)11-4-12-24)22-5-3-6-23(22)26-19(2)27-13-15-29-16-14-27/h7-10,28H,3-6,11-17H2,1-2H3. The van der Waals surface area contributed by atoms with Crippen LogP contribution in [0.5, 0.6) is 0 Å². The molecule has 2 fully saturated rings. The van der Waals surface area contributed by atoms with Gasteiger partial charge in [-0.1, -0.05) is 18.6 Å². The minimum Gasteiger partial charge on any atom is -0.395 e. The Hall–Kier alpha value is -1.98. The first-order valence-corrected chi connectivity index (χ1v) is 11.0. The van der Waals surface area contributed by atoms with Crippen LogP contribution in [0.2, 0.25) is 0 Å². The van der Waals surface area contributed by atoms with Crippen molar-refractivity contribution in [2.45, 2.75) is 57.8 Å². The van der Waals surface area contributed by atoms with Gasteiger partial charge in [0.2, 0.25) is 0 Å². The molecule has 0 atom stereocenters. The number of hydrogen-bond acceptors (Lipinski definition) is 4. The molecule has 1 N–H and O–H groups in total. The van der Waals surface area contributed by atoms with E-state index in [2.05, 4.69) is 43.0 Å². The highest BCUT2D eigenvalue weighted by Crippen LogP contribution is 2.43. The van der Waals surface area contributed by atoms with Crippen molar-refractivity contribution in [2.24, 2.45) is 9.98 Å². The number of aliphatic hydroxyl groups excluding tert-OH is 1. The first kappa shape index (κ1) is 20.3. The van der Waals surface area contributed by atoms with Crippen molar-refractivity contribution in [1.82, 2.24) is 4.90 Å². The number of nitrogens with zero attached hydrogens (tertiary/aromatic N) is 3. The summed E-state index contributed by atoms with van der Waals surface area (Å²) in [7, 11) is 0. The highest BCUT2D eigenvalue weighted by molar-refractivity contribution is 6.01. The number of morpholine rings is 1. The quantitative estimate of drug-likeness (QED) is 0.594. The van der Waals surface area contributed by atoms with E-state index in [1.165, 1.54) is 23.3 Å². The molecule has 0 amide bonds. The minimum atomic E-state index is -0.00975. The second kappa shape index (κ2) is 8.80. The lowest BCUT2D eigenvalue weighted by molar-refractivity contribution is 0.0678. The number of allylic oxidation sites excluding steroid dienone is 2. The molecular formula is C24H33N3O2.